The second kappa shape index (κ2) is 7.41. The van der Waals surface area contributed by atoms with E-state index < -0.39 is 11.0 Å². The quantitative estimate of drug-likeness (QED) is 0.544. The van der Waals surface area contributed by atoms with Gasteiger partial charge >= 0.3 is 0 Å². The number of fused-ring (bicyclic) bond motifs is 1. The monoisotopic (exact) mass is 301 g/mol. The van der Waals surface area contributed by atoms with E-state index in [9.17, 15) is 8.60 Å². The van der Waals surface area contributed by atoms with E-state index in [1.807, 2.05) is 3.71 Å². The molecule has 1 heterocycles. The highest BCUT2D eigenvalue weighted by Gasteiger charge is 2.27. The summed E-state index contributed by atoms with van der Waals surface area (Å²) in [6.07, 6.45) is 7.33. The van der Waals surface area contributed by atoms with Gasteiger partial charge in [0.2, 0.25) is 0 Å². The van der Waals surface area contributed by atoms with Crippen molar-refractivity contribution in [1.82, 2.24) is 3.71 Å². The van der Waals surface area contributed by atoms with Crippen molar-refractivity contribution in [3.05, 3.63) is 24.0 Å². The molecule has 1 aromatic carbocycles. The highest BCUT2D eigenvalue weighted by atomic mass is 32.2. The Morgan fingerprint density at radius 2 is 1.95 bits per heavy atom. The van der Waals surface area contributed by atoms with Gasteiger partial charge < -0.3 is 0 Å². The average Bonchev–Trinajstić information content (AvgIpc) is 2.71. The summed E-state index contributed by atoms with van der Waals surface area (Å²) in [6.45, 7) is 3.01. The third-order valence-corrected chi connectivity index (χ3v) is 6.14. The van der Waals surface area contributed by atoms with Gasteiger partial charge in [-0.1, -0.05) is 39.0 Å². The molecule has 0 amide bonds. The summed E-state index contributed by atoms with van der Waals surface area (Å²) in [5.74, 6) is -0.311. The normalized spacial score (nSPS) is 18.7. The molecule has 0 aromatic heterocycles. The summed E-state index contributed by atoms with van der Waals surface area (Å²) in [6, 6.07) is 4.53. The van der Waals surface area contributed by atoms with E-state index in [1.165, 1.54) is 56.2 Å². The van der Waals surface area contributed by atoms with Crippen molar-refractivity contribution in [3.63, 3.8) is 0 Å². The summed E-state index contributed by atoms with van der Waals surface area (Å²) in [5.41, 5.74) is 0. The molecule has 1 unspecified atom stereocenters. The van der Waals surface area contributed by atoms with Gasteiger partial charge in [-0.2, -0.15) is 3.71 Å². The number of hydrogen-bond donors (Lipinski definition) is 0. The Kier molecular flexibility index (Phi) is 5.85. The van der Waals surface area contributed by atoms with Gasteiger partial charge in [0.15, 0.2) is 0 Å². The Balaban J connectivity index is 1.77. The largest absolute Gasteiger partial charge is 0.236 e. The molecule has 0 radical (unpaired) electrons. The van der Waals surface area contributed by atoms with Crippen molar-refractivity contribution in [3.8, 4) is 0 Å². The van der Waals surface area contributed by atoms with Crippen LogP contribution in [0.3, 0.4) is 0 Å². The van der Waals surface area contributed by atoms with Crippen molar-refractivity contribution >= 4 is 22.9 Å². The van der Waals surface area contributed by atoms with Crippen LogP contribution in [-0.2, 0) is 11.0 Å². The molecular formula is C14H20FNOS2. The van der Waals surface area contributed by atoms with Crippen molar-refractivity contribution in [2.75, 3.05) is 6.54 Å². The molecule has 0 saturated heterocycles. The summed E-state index contributed by atoms with van der Waals surface area (Å²) >= 11 is 1.49. The lowest BCUT2D eigenvalue weighted by Gasteiger charge is -2.11. The molecule has 5 heteroatoms. The second-order valence-corrected chi connectivity index (χ2v) is 7.43. The maximum absolute atomic E-state index is 13.1. The molecule has 19 heavy (non-hydrogen) atoms. The van der Waals surface area contributed by atoms with E-state index in [2.05, 4.69) is 6.92 Å². The van der Waals surface area contributed by atoms with E-state index in [0.717, 1.165) is 17.9 Å². The van der Waals surface area contributed by atoms with Crippen molar-refractivity contribution < 1.29 is 8.60 Å². The Labute approximate surface area is 121 Å². The van der Waals surface area contributed by atoms with Crippen LogP contribution in [0.15, 0.2) is 28.0 Å². The molecule has 1 aliphatic rings. The van der Waals surface area contributed by atoms with Gasteiger partial charge in [-0.05, 0) is 36.6 Å². The Hall–Kier alpha value is -0.390. The van der Waals surface area contributed by atoms with Crippen LogP contribution in [-0.4, -0.2) is 14.5 Å². The molecule has 1 atom stereocenters. The molecule has 106 valence electrons. The highest BCUT2D eigenvalue weighted by Crippen LogP contribution is 2.39. The first-order valence-corrected chi connectivity index (χ1v) is 8.77. The first-order chi connectivity index (χ1) is 9.22. The molecule has 0 spiro atoms. The maximum atomic E-state index is 13.1. The SMILES string of the molecule is CCCCCCCCN1Sc2ccc(F)cc2S1=O. The van der Waals surface area contributed by atoms with Crippen LogP contribution in [0.25, 0.3) is 0 Å². The Morgan fingerprint density at radius 3 is 2.74 bits per heavy atom. The molecule has 0 bridgehead atoms. The van der Waals surface area contributed by atoms with Crippen molar-refractivity contribution in [1.29, 1.82) is 0 Å². The minimum atomic E-state index is -1.20. The summed E-state index contributed by atoms with van der Waals surface area (Å²) in [4.78, 5) is 1.54. The summed E-state index contributed by atoms with van der Waals surface area (Å²) in [5, 5.41) is 0. The fourth-order valence-corrected chi connectivity index (χ4v) is 4.86. The van der Waals surface area contributed by atoms with Gasteiger partial charge in [0.1, 0.15) is 16.8 Å². The number of hydrogen-bond acceptors (Lipinski definition) is 2. The van der Waals surface area contributed by atoms with E-state index in [-0.39, 0.29) is 5.82 Å². The molecule has 0 saturated carbocycles. The van der Waals surface area contributed by atoms with Crippen LogP contribution in [0.5, 0.6) is 0 Å². The van der Waals surface area contributed by atoms with E-state index in [4.69, 9.17) is 0 Å². The lowest BCUT2D eigenvalue weighted by molar-refractivity contribution is 0.561. The first-order valence-electron chi connectivity index (χ1n) is 6.89. The van der Waals surface area contributed by atoms with Gasteiger partial charge in [-0.15, -0.1) is 0 Å². The molecule has 0 fully saturated rings. The molecule has 0 aliphatic carbocycles. The van der Waals surface area contributed by atoms with Crippen molar-refractivity contribution in [2.24, 2.45) is 0 Å². The lowest BCUT2D eigenvalue weighted by Crippen LogP contribution is -2.15. The molecule has 2 rings (SSSR count). The zero-order valence-corrected chi connectivity index (χ0v) is 12.9. The van der Waals surface area contributed by atoms with Gasteiger partial charge in [-0.3, -0.25) is 0 Å². The number of benzene rings is 1. The van der Waals surface area contributed by atoms with Crippen LogP contribution < -0.4 is 0 Å². The number of nitrogens with zero attached hydrogens (tertiary/aromatic N) is 1. The number of halogens is 1. The Morgan fingerprint density at radius 1 is 1.21 bits per heavy atom. The van der Waals surface area contributed by atoms with Crippen LogP contribution in [0.1, 0.15) is 45.4 Å². The minimum absolute atomic E-state index is 0.311. The molecule has 0 N–H and O–H groups in total. The predicted octanol–water partition coefficient (Wildman–Crippen LogP) is 4.53. The Bertz CT molecular complexity index is 453. The molecular weight excluding hydrogens is 281 g/mol. The lowest BCUT2D eigenvalue weighted by atomic mass is 10.1. The van der Waals surface area contributed by atoms with E-state index >= 15 is 0 Å². The number of unbranched alkanes of at least 4 members (excludes halogenated alkanes) is 5. The third kappa shape index (κ3) is 4.04. The van der Waals surface area contributed by atoms with Crippen LogP contribution in [0, 0.1) is 5.82 Å². The van der Waals surface area contributed by atoms with Gasteiger partial charge in [-0.25, -0.2) is 8.60 Å². The predicted molar refractivity (Wildman–Crippen MR) is 78.7 cm³/mol. The zero-order valence-electron chi connectivity index (χ0n) is 11.2. The second-order valence-electron chi connectivity index (χ2n) is 4.76. The van der Waals surface area contributed by atoms with Crippen LogP contribution in [0.4, 0.5) is 4.39 Å². The minimum Gasteiger partial charge on any atom is -0.236 e. The molecule has 2 nitrogen and oxygen atoms in total. The van der Waals surface area contributed by atoms with Gasteiger partial charge in [0, 0.05) is 11.4 Å². The molecule has 1 aliphatic heterocycles. The molecule has 1 aromatic rings. The van der Waals surface area contributed by atoms with E-state index in [1.54, 1.807) is 6.07 Å². The number of rotatable bonds is 7. The summed E-state index contributed by atoms with van der Waals surface area (Å²) in [7, 11) is -1.20. The standard InChI is InChI=1S/C14H20FNOS2/c1-2-3-4-5-6-7-10-16-18-13-9-8-12(15)11-14(13)19(16)17/h8-9,11H,2-7,10H2,1H3. The first kappa shape index (κ1) is 15.0. The summed E-state index contributed by atoms with van der Waals surface area (Å²) < 4.78 is 27.2. The fourth-order valence-electron chi connectivity index (χ4n) is 2.10. The van der Waals surface area contributed by atoms with Crippen LogP contribution >= 0.6 is 11.9 Å². The zero-order chi connectivity index (χ0) is 13.7. The smallest absolute Gasteiger partial charge is 0.139 e. The average molecular weight is 301 g/mol. The maximum Gasteiger partial charge on any atom is 0.139 e. The van der Waals surface area contributed by atoms with Gasteiger partial charge in [0.05, 0.1) is 4.90 Å². The van der Waals surface area contributed by atoms with Gasteiger partial charge in [0.25, 0.3) is 0 Å². The van der Waals surface area contributed by atoms with Crippen LogP contribution in [0.2, 0.25) is 0 Å². The van der Waals surface area contributed by atoms with E-state index in [0.29, 0.717) is 4.90 Å². The topological polar surface area (TPSA) is 20.3 Å². The van der Waals surface area contributed by atoms with Crippen molar-refractivity contribution in [2.45, 2.75) is 55.2 Å². The highest BCUT2D eigenvalue weighted by molar-refractivity contribution is 8.08. The fraction of sp³-hybridized carbons (Fsp3) is 0.571. The third-order valence-electron chi connectivity index (χ3n) is 3.17.